The van der Waals surface area contributed by atoms with Gasteiger partial charge in [0.05, 0.1) is 18.4 Å². The smallest absolute Gasteiger partial charge is 0.335 e. The molecule has 94 valence electrons. The van der Waals surface area contributed by atoms with E-state index in [1.165, 1.54) is 0 Å². The van der Waals surface area contributed by atoms with Crippen LogP contribution in [0.1, 0.15) is 15.9 Å². The molecule has 0 aliphatic heterocycles. The van der Waals surface area contributed by atoms with Crippen molar-refractivity contribution in [2.24, 2.45) is 0 Å². The summed E-state index contributed by atoms with van der Waals surface area (Å²) in [5.41, 5.74) is 1.09. The number of carboxylic acid groups (broad SMARTS) is 1. The largest absolute Gasteiger partial charge is 0.491 e. The predicted molar refractivity (Wildman–Crippen MR) is 65.9 cm³/mol. The van der Waals surface area contributed by atoms with Crippen molar-refractivity contribution in [3.05, 3.63) is 48.0 Å². The Kier molecular flexibility index (Phi) is 3.62. The Morgan fingerprint density at radius 2 is 2.33 bits per heavy atom. The number of hydrogen-bond acceptors (Lipinski definition) is 3. The number of aromatic carboxylic acids is 1. The van der Waals surface area contributed by atoms with Gasteiger partial charge in [-0.3, -0.25) is 0 Å². The minimum atomic E-state index is -0.928. The van der Waals surface area contributed by atoms with Crippen LogP contribution in [-0.4, -0.2) is 27.2 Å². The van der Waals surface area contributed by atoms with Crippen LogP contribution in [0, 0.1) is 6.92 Å². The molecule has 0 fully saturated rings. The van der Waals surface area contributed by atoms with Crippen LogP contribution in [0.25, 0.3) is 0 Å². The molecule has 1 aromatic heterocycles. The molecule has 0 amide bonds. The molecular formula is C13H14N2O3. The van der Waals surface area contributed by atoms with Gasteiger partial charge in [-0.25, -0.2) is 9.78 Å². The first-order chi connectivity index (χ1) is 8.66. The van der Waals surface area contributed by atoms with Gasteiger partial charge in [-0.05, 0) is 30.7 Å². The molecule has 0 aliphatic carbocycles. The van der Waals surface area contributed by atoms with Crippen molar-refractivity contribution in [2.75, 3.05) is 6.61 Å². The van der Waals surface area contributed by atoms with Gasteiger partial charge in [0.1, 0.15) is 12.4 Å². The van der Waals surface area contributed by atoms with E-state index in [1.807, 2.05) is 17.7 Å². The lowest BCUT2D eigenvalue weighted by molar-refractivity contribution is 0.0696. The molecule has 5 heteroatoms. The van der Waals surface area contributed by atoms with Crippen molar-refractivity contribution in [1.29, 1.82) is 0 Å². The zero-order chi connectivity index (χ0) is 13.0. The molecule has 0 saturated carbocycles. The van der Waals surface area contributed by atoms with Crippen LogP contribution < -0.4 is 4.74 Å². The van der Waals surface area contributed by atoms with Crippen LogP contribution in [0.2, 0.25) is 0 Å². The molecule has 0 atom stereocenters. The molecule has 2 rings (SSSR count). The number of carboxylic acids is 1. The van der Waals surface area contributed by atoms with E-state index in [1.54, 1.807) is 30.7 Å². The first kappa shape index (κ1) is 12.2. The number of imidazole rings is 1. The third-order valence-corrected chi connectivity index (χ3v) is 2.59. The Balaban J connectivity index is 1.95. The summed E-state index contributed by atoms with van der Waals surface area (Å²) in [6.07, 6.45) is 5.31. The second-order valence-corrected chi connectivity index (χ2v) is 3.93. The first-order valence-corrected chi connectivity index (χ1v) is 5.59. The van der Waals surface area contributed by atoms with Gasteiger partial charge in [0.25, 0.3) is 0 Å². The van der Waals surface area contributed by atoms with Crippen molar-refractivity contribution >= 4 is 5.97 Å². The van der Waals surface area contributed by atoms with Gasteiger partial charge in [-0.1, -0.05) is 0 Å². The number of aromatic nitrogens is 2. The number of benzene rings is 1. The van der Waals surface area contributed by atoms with Crippen molar-refractivity contribution < 1.29 is 14.6 Å². The Labute approximate surface area is 105 Å². The summed E-state index contributed by atoms with van der Waals surface area (Å²) in [5, 5.41) is 8.85. The lowest BCUT2D eigenvalue weighted by Gasteiger charge is -2.09. The van der Waals surface area contributed by atoms with E-state index in [9.17, 15) is 4.79 Å². The molecule has 0 bridgehead atoms. The van der Waals surface area contributed by atoms with Gasteiger partial charge in [0.2, 0.25) is 0 Å². The summed E-state index contributed by atoms with van der Waals surface area (Å²) in [6, 6.07) is 4.84. The summed E-state index contributed by atoms with van der Waals surface area (Å²) in [6.45, 7) is 3.06. The number of rotatable bonds is 5. The highest BCUT2D eigenvalue weighted by Crippen LogP contribution is 2.19. The molecule has 0 spiro atoms. The Hall–Kier alpha value is -2.30. The highest BCUT2D eigenvalue weighted by molar-refractivity contribution is 5.88. The monoisotopic (exact) mass is 246 g/mol. The van der Waals surface area contributed by atoms with Crippen LogP contribution in [-0.2, 0) is 6.54 Å². The van der Waals surface area contributed by atoms with Gasteiger partial charge in [-0.2, -0.15) is 0 Å². The lowest BCUT2D eigenvalue weighted by Crippen LogP contribution is -2.07. The molecule has 18 heavy (non-hydrogen) atoms. The molecule has 1 aromatic carbocycles. The molecule has 1 heterocycles. The molecule has 2 aromatic rings. The average molecular weight is 246 g/mol. The van der Waals surface area contributed by atoms with Crippen LogP contribution in [0.15, 0.2) is 36.9 Å². The van der Waals surface area contributed by atoms with E-state index in [-0.39, 0.29) is 5.56 Å². The van der Waals surface area contributed by atoms with Crippen molar-refractivity contribution in [3.63, 3.8) is 0 Å². The third kappa shape index (κ3) is 2.88. The van der Waals surface area contributed by atoms with E-state index in [2.05, 4.69) is 4.98 Å². The first-order valence-electron chi connectivity index (χ1n) is 5.59. The minimum Gasteiger partial charge on any atom is -0.491 e. The minimum absolute atomic E-state index is 0.273. The SMILES string of the molecule is Cc1cc(C(=O)O)ccc1OCCn1ccnc1. The summed E-state index contributed by atoms with van der Waals surface area (Å²) in [7, 11) is 0. The fraction of sp³-hybridized carbons (Fsp3) is 0.231. The number of nitrogens with zero attached hydrogens (tertiary/aromatic N) is 2. The third-order valence-electron chi connectivity index (χ3n) is 2.59. The number of ether oxygens (including phenoxy) is 1. The van der Waals surface area contributed by atoms with Gasteiger partial charge < -0.3 is 14.4 Å². The van der Waals surface area contributed by atoms with Gasteiger partial charge >= 0.3 is 5.97 Å². The molecule has 0 unspecified atom stereocenters. The Bertz CT molecular complexity index is 535. The average Bonchev–Trinajstić information content (AvgIpc) is 2.84. The lowest BCUT2D eigenvalue weighted by atomic mass is 10.1. The maximum atomic E-state index is 10.8. The molecule has 5 nitrogen and oxygen atoms in total. The summed E-state index contributed by atoms with van der Waals surface area (Å²) >= 11 is 0. The quantitative estimate of drug-likeness (QED) is 0.876. The summed E-state index contributed by atoms with van der Waals surface area (Å²) in [4.78, 5) is 14.7. The highest BCUT2D eigenvalue weighted by atomic mass is 16.5. The van der Waals surface area contributed by atoms with Crippen LogP contribution in [0.5, 0.6) is 5.75 Å². The maximum absolute atomic E-state index is 10.8. The van der Waals surface area contributed by atoms with Crippen LogP contribution in [0.4, 0.5) is 0 Å². The second kappa shape index (κ2) is 5.35. The standard InChI is InChI=1S/C13H14N2O3/c1-10-8-11(13(16)17)2-3-12(10)18-7-6-15-5-4-14-9-15/h2-5,8-9H,6-7H2,1H3,(H,16,17). The fourth-order valence-corrected chi connectivity index (χ4v) is 1.62. The number of hydrogen-bond donors (Lipinski definition) is 1. The van der Waals surface area contributed by atoms with E-state index in [4.69, 9.17) is 9.84 Å². The molecule has 0 radical (unpaired) electrons. The molecule has 0 saturated heterocycles. The topological polar surface area (TPSA) is 64.3 Å². The van der Waals surface area contributed by atoms with Crippen molar-refractivity contribution in [2.45, 2.75) is 13.5 Å². The van der Waals surface area contributed by atoms with Gasteiger partial charge in [0.15, 0.2) is 0 Å². The van der Waals surface area contributed by atoms with E-state index >= 15 is 0 Å². The molecule has 1 N–H and O–H groups in total. The van der Waals surface area contributed by atoms with Gasteiger partial charge in [0, 0.05) is 12.4 Å². The normalized spacial score (nSPS) is 10.3. The zero-order valence-corrected chi connectivity index (χ0v) is 10.0. The highest BCUT2D eigenvalue weighted by Gasteiger charge is 2.06. The van der Waals surface area contributed by atoms with E-state index in [0.29, 0.717) is 18.9 Å². The number of aryl methyl sites for hydroxylation is 1. The molecule has 0 aliphatic rings. The second-order valence-electron chi connectivity index (χ2n) is 3.93. The van der Waals surface area contributed by atoms with Crippen molar-refractivity contribution in [3.8, 4) is 5.75 Å². The zero-order valence-electron chi connectivity index (χ0n) is 10.0. The van der Waals surface area contributed by atoms with E-state index in [0.717, 1.165) is 5.56 Å². The van der Waals surface area contributed by atoms with E-state index < -0.39 is 5.97 Å². The predicted octanol–water partition coefficient (Wildman–Crippen LogP) is 1.97. The Morgan fingerprint density at radius 1 is 1.50 bits per heavy atom. The van der Waals surface area contributed by atoms with Gasteiger partial charge in [-0.15, -0.1) is 0 Å². The van der Waals surface area contributed by atoms with Crippen LogP contribution >= 0.6 is 0 Å². The summed E-state index contributed by atoms with van der Waals surface area (Å²) in [5.74, 6) is -0.219. The fourth-order valence-electron chi connectivity index (χ4n) is 1.62. The number of carbonyl (C=O) groups is 1. The van der Waals surface area contributed by atoms with Crippen molar-refractivity contribution in [1.82, 2.24) is 9.55 Å². The maximum Gasteiger partial charge on any atom is 0.335 e. The molecular weight excluding hydrogens is 232 g/mol. The van der Waals surface area contributed by atoms with Crippen LogP contribution in [0.3, 0.4) is 0 Å². The Morgan fingerprint density at radius 3 is 2.94 bits per heavy atom. The summed E-state index contributed by atoms with van der Waals surface area (Å²) < 4.78 is 7.52.